The highest BCUT2D eigenvalue weighted by atomic mass is 35.5. The molecule has 1 aromatic carbocycles. The summed E-state index contributed by atoms with van der Waals surface area (Å²) in [4.78, 5) is 12.6. The van der Waals surface area contributed by atoms with Gasteiger partial charge in [-0.25, -0.2) is 8.42 Å². The Kier molecular flexibility index (Phi) is 10.7. The lowest BCUT2D eigenvalue weighted by Crippen LogP contribution is -2.35. The van der Waals surface area contributed by atoms with Crippen LogP contribution in [0.4, 0.5) is 0 Å². The van der Waals surface area contributed by atoms with E-state index in [1.807, 2.05) is 0 Å². The van der Waals surface area contributed by atoms with E-state index in [0.717, 1.165) is 38.0 Å². The molecule has 7 heteroatoms. The Morgan fingerprint density at radius 2 is 1.69 bits per heavy atom. The summed E-state index contributed by atoms with van der Waals surface area (Å²) in [6, 6.07) is 6.53. The topological polar surface area (TPSA) is 66.5 Å². The molecule has 1 N–H and O–H groups in total. The normalized spacial score (nSPS) is 21.3. The number of rotatable bonds is 5. The molecule has 3 rings (SSSR count). The summed E-state index contributed by atoms with van der Waals surface area (Å²) in [5.74, 6) is 1.21. The molecule has 1 aromatic rings. The van der Waals surface area contributed by atoms with E-state index in [1.54, 1.807) is 18.2 Å². The summed E-state index contributed by atoms with van der Waals surface area (Å²) in [5.41, 5.74) is 0. The Labute approximate surface area is 182 Å². The van der Waals surface area contributed by atoms with E-state index in [4.69, 9.17) is 11.6 Å². The van der Waals surface area contributed by atoms with Crippen molar-refractivity contribution in [2.45, 2.75) is 56.3 Å². The number of nitrogens with one attached hydrogen (secondary N) is 1. The van der Waals surface area contributed by atoms with Crippen molar-refractivity contribution < 1.29 is 13.2 Å². The Morgan fingerprint density at radius 3 is 2.34 bits per heavy atom. The molecule has 1 amide bonds. The minimum Gasteiger partial charge on any atom is -0.355 e. The van der Waals surface area contributed by atoms with Crippen molar-refractivity contribution in [2.24, 2.45) is 5.92 Å². The molecule has 2 aliphatic rings. The Balaban J connectivity index is 0.00000210. The lowest BCUT2D eigenvalue weighted by Gasteiger charge is -2.20. The van der Waals surface area contributed by atoms with Gasteiger partial charge in [-0.3, -0.25) is 4.79 Å². The monoisotopic (exact) mass is 439 g/mol. The number of carbonyl (C=O) groups excluding carboxylic acids is 1. The second kappa shape index (κ2) is 11.9. The molecule has 5 radical (unpaired) electrons. The molecule has 2 fully saturated rings. The number of halogens is 1. The van der Waals surface area contributed by atoms with E-state index in [-0.39, 0.29) is 36.6 Å². The van der Waals surface area contributed by atoms with Crippen LogP contribution in [0.5, 0.6) is 0 Å². The van der Waals surface area contributed by atoms with Gasteiger partial charge >= 0.3 is 0 Å². The van der Waals surface area contributed by atoms with Gasteiger partial charge in [0.25, 0.3) is 0 Å². The van der Waals surface area contributed by atoms with Gasteiger partial charge in [0, 0.05) is 19.6 Å². The van der Waals surface area contributed by atoms with Crippen LogP contribution >= 0.6 is 11.6 Å². The van der Waals surface area contributed by atoms with Crippen molar-refractivity contribution in [3.63, 3.8) is 0 Å². The summed E-state index contributed by atoms with van der Waals surface area (Å²) in [7, 11) is -3.59. The van der Waals surface area contributed by atoms with Gasteiger partial charge in [0.15, 0.2) is 0 Å². The molecule has 1 unspecified atom stereocenters. The molecule has 1 saturated carbocycles. The van der Waals surface area contributed by atoms with E-state index >= 15 is 0 Å². The number of amides is 1. The first-order chi connectivity index (χ1) is 13.0. The van der Waals surface area contributed by atoms with Crippen molar-refractivity contribution >= 4 is 27.5 Å². The van der Waals surface area contributed by atoms with E-state index in [1.165, 1.54) is 29.6 Å². The molecule has 5 nitrogen and oxygen atoms in total. The van der Waals surface area contributed by atoms with Gasteiger partial charge in [-0.2, -0.15) is 4.31 Å². The average Bonchev–Trinajstić information content (AvgIpc) is 3.09. The molecular weight excluding hydrogens is 408 g/mol. The van der Waals surface area contributed by atoms with Gasteiger partial charge in [0.2, 0.25) is 15.9 Å². The molecule has 0 aromatic heterocycles. The summed E-state index contributed by atoms with van der Waals surface area (Å²) in [6.45, 7) is 1.41. The van der Waals surface area contributed by atoms with Crippen LogP contribution < -0.4 is 5.32 Å². The Hall–Kier alpha value is -1.11. The molecule has 1 saturated heterocycles. The third-order valence-corrected chi connectivity index (χ3v) is 7.90. The van der Waals surface area contributed by atoms with Crippen LogP contribution in [0.3, 0.4) is 0 Å². The Morgan fingerprint density at radius 1 is 1.07 bits per heavy atom. The van der Waals surface area contributed by atoms with Crippen LogP contribution in [-0.2, 0) is 14.8 Å². The molecule has 0 bridgehead atoms. The van der Waals surface area contributed by atoms with Crippen LogP contribution in [0, 0.1) is 26.7 Å². The van der Waals surface area contributed by atoms with Crippen molar-refractivity contribution in [1.29, 1.82) is 0 Å². The van der Waals surface area contributed by atoms with Gasteiger partial charge in [-0.15, -0.1) is 0 Å². The first kappa shape index (κ1) is 25.9. The van der Waals surface area contributed by atoms with Crippen molar-refractivity contribution in [3.8, 4) is 0 Å². The van der Waals surface area contributed by atoms with Crippen molar-refractivity contribution in [2.75, 3.05) is 19.6 Å². The number of nitrogens with zero attached hydrogens (tertiary/aromatic N) is 1. The lowest BCUT2D eigenvalue weighted by atomic mass is 9.90. The third kappa shape index (κ3) is 6.69. The summed E-state index contributed by atoms with van der Waals surface area (Å²) in [6.07, 6.45) is 8.40. The number of sulfonamides is 1. The highest BCUT2D eigenvalue weighted by molar-refractivity contribution is 7.89. The van der Waals surface area contributed by atoms with E-state index in [0.29, 0.717) is 19.6 Å². The standard InChI is InChI=1S/C20H28ClN2O3S.2CH2/c21-18-10-6-7-11-19(18)27(25,26)23-13-12-16(15-23)14-22-20(24)17-8-4-2-1-3-5-9-17;;/h6-7,10-11,16H,1-5,8-9,12-15H2,(H,22,24);2*1H2. The van der Waals surface area contributed by atoms with Gasteiger partial charge < -0.3 is 5.32 Å². The highest BCUT2D eigenvalue weighted by Crippen LogP contribution is 2.29. The molecule has 1 atom stereocenters. The average molecular weight is 440 g/mol. The molecular formula is C22H32ClN2O3S. The van der Waals surface area contributed by atoms with E-state index in [9.17, 15) is 13.2 Å². The van der Waals surface area contributed by atoms with Crippen LogP contribution in [-0.4, -0.2) is 38.3 Å². The molecule has 161 valence electrons. The SMILES string of the molecule is O=C(NCC1CCN(S(=O)(=O)c2ccccc2Cl)C1)[C]1CCCCCCC1.[CH2].[CH2]. The zero-order valence-corrected chi connectivity index (χ0v) is 18.6. The van der Waals surface area contributed by atoms with Gasteiger partial charge in [-0.05, 0) is 37.3 Å². The van der Waals surface area contributed by atoms with Crippen molar-refractivity contribution in [1.82, 2.24) is 9.62 Å². The number of hydrogen-bond acceptors (Lipinski definition) is 3. The zero-order chi connectivity index (χ0) is 19.3. The second-order valence-electron chi connectivity index (χ2n) is 7.53. The van der Waals surface area contributed by atoms with Crippen molar-refractivity contribution in [3.05, 3.63) is 50.1 Å². The maximum Gasteiger partial charge on any atom is 0.244 e. The summed E-state index contributed by atoms with van der Waals surface area (Å²) in [5, 5.41) is 3.29. The number of hydrogen-bond donors (Lipinski definition) is 1. The minimum atomic E-state index is -3.59. The fourth-order valence-corrected chi connectivity index (χ4v) is 5.92. The maximum absolute atomic E-state index is 12.8. The minimum absolute atomic E-state index is 0. The largest absolute Gasteiger partial charge is 0.355 e. The smallest absolute Gasteiger partial charge is 0.244 e. The van der Waals surface area contributed by atoms with Gasteiger partial charge in [0.1, 0.15) is 4.90 Å². The number of carbonyl (C=O) groups is 1. The zero-order valence-electron chi connectivity index (χ0n) is 17.0. The molecule has 29 heavy (non-hydrogen) atoms. The lowest BCUT2D eigenvalue weighted by molar-refractivity contribution is -0.120. The summed E-state index contributed by atoms with van der Waals surface area (Å²) >= 11 is 6.07. The number of benzene rings is 1. The van der Waals surface area contributed by atoms with E-state index in [2.05, 4.69) is 5.32 Å². The first-order valence-electron chi connectivity index (χ1n) is 9.86. The van der Waals surface area contributed by atoms with Crippen LogP contribution in [0.15, 0.2) is 29.2 Å². The predicted molar refractivity (Wildman–Crippen MR) is 118 cm³/mol. The molecule has 1 aliphatic carbocycles. The quantitative estimate of drug-likeness (QED) is 0.737. The predicted octanol–water partition coefficient (Wildman–Crippen LogP) is 4.44. The van der Waals surface area contributed by atoms with Gasteiger partial charge in [-0.1, -0.05) is 70.7 Å². The second-order valence-corrected chi connectivity index (χ2v) is 9.84. The highest BCUT2D eigenvalue weighted by Gasteiger charge is 2.34. The third-order valence-electron chi connectivity index (χ3n) is 5.53. The van der Waals surface area contributed by atoms with E-state index < -0.39 is 10.0 Å². The molecule has 1 aliphatic heterocycles. The van der Waals surface area contributed by atoms with Crippen LogP contribution in [0.1, 0.15) is 51.4 Å². The fraction of sp³-hybridized carbons (Fsp3) is 0.545. The maximum atomic E-state index is 12.8. The first-order valence-corrected chi connectivity index (χ1v) is 11.7. The fourth-order valence-electron chi connectivity index (χ4n) is 3.90. The molecule has 0 spiro atoms. The van der Waals surface area contributed by atoms with Crippen LogP contribution in [0.2, 0.25) is 5.02 Å². The van der Waals surface area contributed by atoms with Gasteiger partial charge in [0.05, 0.1) is 10.9 Å². The summed E-state index contributed by atoms with van der Waals surface area (Å²) < 4.78 is 27.1. The van der Waals surface area contributed by atoms with Crippen LogP contribution in [0.25, 0.3) is 0 Å². The molecule has 1 heterocycles. The Bertz CT molecular complexity index is 746.